The Morgan fingerprint density at radius 3 is 3.00 bits per heavy atom. The topological polar surface area (TPSA) is 58.2 Å². The number of benzene rings is 1. The van der Waals surface area contributed by atoms with Gasteiger partial charge in [-0.1, -0.05) is 0 Å². The smallest absolute Gasteiger partial charge is 0.240 e. The van der Waals surface area contributed by atoms with Crippen molar-refractivity contribution in [1.29, 1.82) is 0 Å². The fraction of sp³-hybridized carbons (Fsp3) is 0.429. The second-order valence-electron chi connectivity index (χ2n) is 4.55. The van der Waals surface area contributed by atoms with Crippen molar-refractivity contribution in [3.8, 4) is 12.3 Å². The first-order chi connectivity index (χ1) is 9.13. The van der Waals surface area contributed by atoms with E-state index in [0.29, 0.717) is 17.9 Å². The van der Waals surface area contributed by atoms with Gasteiger partial charge in [-0.3, -0.25) is 0 Å². The van der Waals surface area contributed by atoms with Gasteiger partial charge in [0, 0.05) is 25.2 Å². The summed E-state index contributed by atoms with van der Waals surface area (Å²) in [5.41, 5.74) is 2.10. The third kappa shape index (κ3) is 3.49. The molecule has 0 fully saturated rings. The first kappa shape index (κ1) is 13.9. The first-order valence-electron chi connectivity index (χ1n) is 6.43. The van der Waals surface area contributed by atoms with Gasteiger partial charge in [0.05, 0.1) is 4.90 Å². The van der Waals surface area contributed by atoms with Crippen LogP contribution in [0.4, 0.5) is 5.69 Å². The van der Waals surface area contributed by atoms with Gasteiger partial charge >= 0.3 is 0 Å². The number of anilines is 1. The highest BCUT2D eigenvalue weighted by molar-refractivity contribution is 7.89. The monoisotopic (exact) mass is 278 g/mol. The Hall–Kier alpha value is -1.51. The van der Waals surface area contributed by atoms with Gasteiger partial charge in [0.1, 0.15) is 0 Å². The van der Waals surface area contributed by atoms with E-state index in [-0.39, 0.29) is 0 Å². The fourth-order valence-corrected chi connectivity index (χ4v) is 3.21. The fourth-order valence-electron chi connectivity index (χ4n) is 2.09. The Morgan fingerprint density at radius 2 is 2.21 bits per heavy atom. The van der Waals surface area contributed by atoms with Gasteiger partial charge in [-0.2, -0.15) is 0 Å². The molecule has 0 radical (unpaired) electrons. The van der Waals surface area contributed by atoms with Crippen molar-refractivity contribution >= 4 is 15.7 Å². The summed E-state index contributed by atoms with van der Waals surface area (Å²) in [5, 5.41) is 3.21. The maximum absolute atomic E-state index is 12.1. The average molecular weight is 278 g/mol. The molecule has 2 N–H and O–H groups in total. The van der Waals surface area contributed by atoms with Crippen molar-refractivity contribution < 1.29 is 8.42 Å². The van der Waals surface area contributed by atoms with Crippen molar-refractivity contribution in [1.82, 2.24) is 4.72 Å². The third-order valence-electron chi connectivity index (χ3n) is 3.14. The molecule has 5 heteroatoms. The van der Waals surface area contributed by atoms with Crippen molar-refractivity contribution in [2.24, 2.45) is 0 Å². The molecule has 0 saturated carbocycles. The Balaban J connectivity index is 1.98. The molecule has 0 bridgehead atoms. The Labute approximate surface area is 114 Å². The lowest BCUT2D eigenvalue weighted by atomic mass is 10.2. The Kier molecular flexibility index (Phi) is 4.46. The summed E-state index contributed by atoms with van der Waals surface area (Å²) in [5.74, 6) is 2.54. The lowest BCUT2D eigenvalue weighted by Gasteiger charge is -2.08. The molecule has 19 heavy (non-hydrogen) atoms. The van der Waals surface area contributed by atoms with Crippen LogP contribution < -0.4 is 10.0 Å². The first-order valence-corrected chi connectivity index (χ1v) is 7.92. The molecule has 1 aliphatic heterocycles. The summed E-state index contributed by atoms with van der Waals surface area (Å²) >= 11 is 0. The third-order valence-corrected chi connectivity index (χ3v) is 4.60. The summed E-state index contributed by atoms with van der Waals surface area (Å²) in [6.45, 7) is 1.30. The van der Waals surface area contributed by atoms with Crippen LogP contribution in [0.1, 0.15) is 24.8 Å². The number of sulfonamides is 1. The molecule has 0 amide bonds. The van der Waals surface area contributed by atoms with Gasteiger partial charge in [0.25, 0.3) is 0 Å². The number of rotatable bonds is 6. The average Bonchev–Trinajstić information content (AvgIpc) is 2.85. The largest absolute Gasteiger partial charge is 0.384 e. The highest BCUT2D eigenvalue weighted by Gasteiger charge is 2.17. The summed E-state index contributed by atoms with van der Waals surface area (Å²) in [4.78, 5) is 0.340. The predicted molar refractivity (Wildman–Crippen MR) is 76.5 cm³/mol. The second-order valence-corrected chi connectivity index (χ2v) is 6.32. The number of nitrogens with one attached hydrogen (secondary N) is 2. The van der Waals surface area contributed by atoms with E-state index < -0.39 is 10.0 Å². The maximum Gasteiger partial charge on any atom is 0.240 e. The van der Waals surface area contributed by atoms with Gasteiger partial charge in [0.2, 0.25) is 10.0 Å². The molecule has 0 aromatic heterocycles. The van der Waals surface area contributed by atoms with E-state index in [1.165, 1.54) is 0 Å². The molecule has 1 heterocycles. The molecule has 1 aromatic rings. The van der Waals surface area contributed by atoms with Crippen LogP contribution in [-0.2, 0) is 16.4 Å². The van der Waals surface area contributed by atoms with E-state index in [1.54, 1.807) is 12.1 Å². The van der Waals surface area contributed by atoms with Gasteiger partial charge in [-0.05, 0) is 43.0 Å². The van der Waals surface area contributed by atoms with Crippen LogP contribution in [0, 0.1) is 12.3 Å². The van der Waals surface area contributed by atoms with E-state index >= 15 is 0 Å². The van der Waals surface area contributed by atoms with E-state index in [4.69, 9.17) is 6.42 Å². The van der Waals surface area contributed by atoms with E-state index in [0.717, 1.165) is 37.1 Å². The number of hydrogen-bond acceptors (Lipinski definition) is 3. The van der Waals surface area contributed by atoms with Gasteiger partial charge in [-0.15, -0.1) is 12.3 Å². The van der Waals surface area contributed by atoms with Gasteiger partial charge in [-0.25, -0.2) is 13.1 Å². The van der Waals surface area contributed by atoms with Crippen molar-refractivity contribution in [3.05, 3.63) is 23.8 Å². The molecular formula is C14H18N2O2S. The summed E-state index contributed by atoms with van der Waals surface area (Å²) in [6.07, 6.45) is 8.31. The molecule has 0 aliphatic carbocycles. The molecule has 0 saturated heterocycles. The zero-order chi connectivity index (χ0) is 13.7. The summed E-state index contributed by atoms with van der Waals surface area (Å²) in [6, 6.07) is 5.22. The van der Waals surface area contributed by atoms with Gasteiger partial charge < -0.3 is 5.32 Å². The van der Waals surface area contributed by atoms with Crippen LogP contribution in [0.2, 0.25) is 0 Å². The molecule has 102 valence electrons. The zero-order valence-electron chi connectivity index (χ0n) is 10.8. The van der Waals surface area contributed by atoms with Crippen LogP contribution in [-0.4, -0.2) is 21.5 Å². The van der Waals surface area contributed by atoms with Crippen LogP contribution in [0.3, 0.4) is 0 Å². The summed E-state index contributed by atoms with van der Waals surface area (Å²) in [7, 11) is -3.40. The lowest BCUT2D eigenvalue weighted by Crippen LogP contribution is -2.24. The molecule has 0 atom stereocenters. The minimum absolute atomic E-state index is 0.340. The van der Waals surface area contributed by atoms with E-state index in [9.17, 15) is 8.42 Å². The molecule has 4 nitrogen and oxygen atoms in total. The number of fused-ring (bicyclic) bond motifs is 1. The zero-order valence-corrected chi connectivity index (χ0v) is 11.6. The van der Waals surface area contributed by atoms with E-state index in [1.807, 2.05) is 6.07 Å². The number of unbranched alkanes of at least 4 members (excludes halogenated alkanes) is 2. The van der Waals surface area contributed by atoms with Crippen LogP contribution >= 0.6 is 0 Å². The standard InChI is InChI=1S/C14H18N2O2S/c1-2-3-4-5-9-16-19(17,18)13-6-7-14-12(11-13)8-10-15-14/h1,6-7,11,15-16H,3-5,8-10H2. The minimum Gasteiger partial charge on any atom is -0.384 e. The number of terminal acetylenes is 1. The van der Waals surface area contributed by atoms with Crippen molar-refractivity contribution in [3.63, 3.8) is 0 Å². The normalized spacial score (nSPS) is 13.6. The van der Waals surface area contributed by atoms with Crippen LogP contribution in [0.15, 0.2) is 23.1 Å². The Morgan fingerprint density at radius 1 is 1.37 bits per heavy atom. The molecule has 1 aliphatic rings. The molecule has 2 rings (SSSR count). The molecule has 0 spiro atoms. The quantitative estimate of drug-likeness (QED) is 0.615. The Bertz CT molecular complexity index is 588. The molecule has 0 unspecified atom stereocenters. The van der Waals surface area contributed by atoms with Crippen molar-refractivity contribution in [2.45, 2.75) is 30.6 Å². The number of hydrogen-bond donors (Lipinski definition) is 2. The summed E-state index contributed by atoms with van der Waals surface area (Å²) < 4.78 is 26.8. The predicted octanol–water partition coefficient (Wildman–Crippen LogP) is 1.74. The van der Waals surface area contributed by atoms with Crippen LogP contribution in [0.5, 0.6) is 0 Å². The maximum atomic E-state index is 12.1. The second kappa shape index (κ2) is 6.09. The SMILES string of the molecule is C#CCCCCNS(=O)(=O)c1ccc2c(c1)CCN2. The minimum atomic E-state index is -3.40. The highest BCUT2D eigenvalue weighted by atomic mass is 32.2. The molecular weight excluding hydrogens is 260 g/mol. The lowest BCUT2D eigenvalue weighted by molar-refractivity contribution is 0.577. The molecule has 1 aromatic carbocycles. The van der Waals surface area contributed by atoms with Gasteiger partial charge in [0.15, 0.2) is 0 Å². The van der Waals surface area contributed by atoms with Crippen LogP contribution in [0.25, 0.3) is 0 Å². The van der Waals surface area contributed by atoms with E-state index in [2.05, 4.69) is 16.0 Å². The highest BCUT2D eigenvalue weighted by Crippen LogP contribution is 2.24. The van der Waals surface area contributed by atoms with Crippen molar-refractivity contribution in [2.75, 3.05) is 18.4 Å².